The maximum atomic E-state index is 5.97. The smallest absolute Gasteiger partial charge is 0.0676 e. The lowest BCUT2D eigenvalue weighted by Gasteiger charge is -2.01. The molecule has 2 aromatic rings. The van der Waals surface area contributed by atoms with Crippen LogP contribution in [0.2, 0.25) is 5.02 Å². The van der Waals surface area contributed by atoms with Gasteiger partial charge in [-0.3, -0.25) is 5.10 Å². The third-order valence-electron chi connectivity index (χ3n) is 1.86. The highest BCUT2D eigenvalue weighted by Gasteiger charge is 2.06. The molecule has 0 bridgehead atoms. The van der Waals surface area contributed by atoms with Gasteiger partial charge in [0.2, 0.25) is 0 Å². The largest absolute Gasteiger partial charge is 0.278 e. The van der Waals surface area contributed by atoms with E-state index >= 15 is 0 Å². The molecule has 0 radical (unpaired) electrons. The summed E-state index contributed by atoms with van der Waals surface area (Å²) in [5.74, 6) is 0. The Morgan fingerprint density at radius 3 is 3.08 bits per heavy atom. The van der Waals surface area contributed by atoms with Crippen molar-refractivity contribution in [3.05, 3.63) is 27.3 Å². The van der Waals surface area contributed by atoms with Gasteiger partial charge in [0.25, 0.3) is 0 Å². The minimum atomic E-state index is 0.749. The molecule has 2 rings (SSSR count). The number of H-pyrrole nitrogens is 1. The highest BCUT2D eigenvalue weighted by Crippen LogP contribution is 2.31. The van der Waals surface area contributed by atoms with Crippen LogP contribution in [0.5, 0.6) is 0 Å². The molecule has 12 heavy (non-hydrogen) atoms. The molecule has 1 aromatic carbocycles. The van der Waals surface area contributed by atoms with Crippen molar-refractivity contribution in [3.63, 3.8) is 0 Å². The Labute approximate surface area is 83.0 Å². The summed E-state index contributed by atoms with van der Waals surface area (Å²) in [7, 11) is 0. The van der Waals surface area contributed by atoms with E-state index in [0.717, 1.165) is 26.0 Å². The number of benzene rings is 1. The molecule has 1 N–H and O–H groups in total. The van der Waals surface area contributed by atoms with Crippen LogP contribution in [0.3, 0.4) is 0 Å². The van der Waals surface area contributed by atoms with Crippen molar-refractivity contribution in [1.82, 2.24) is 10.2 Å². The summed E-state index contributed by atoms with van der Waals surface area (Å²) in [6.45, 7) is 1.97. The quantitative estimate of drug-likeness (QED) is 0.758. The Morgan fingerprint density at radius 1 is 1.58 bits per heavy atom. The molecule has 0 spiro atoms. The molecule has 0 amide bonds. The van der Waals surface area contributed by atoms with E-state index in [0.29, 0.717) is 0 Å². The first kappa shape index (κ1) is 8.08. The number of nitrogens with one attached hydrogen (secondary N) is 1. The molecule has 0 saturated carbocycles. The van der Waals surface area contributed by atoms with Gasteiger partial charge in [-0.2, -0.15) is 5.10 Å². The first-order valence-electron chi connectivity index (χ1n) is 3.48. The molecular weight excluding hydrogens is 239 g/mol. The molecule has 0 aliphatic carbocycles. The second-order valence-corrected chi connectivity index (χ2v) is 3.83. The third kappa shape index (κ3) is 1.04. The van der Waals surface area contributed by atoms with Crippen molar-refractivity contribution in [2.45, 2.75) is 6.92 Å². The Bertz CT molecular complexity index is 436. The van der Waals surface area contributed by atoms with Crippen LogP contribution >= 0.6 is 27.5 Å². The molecule has 0 aliphatic rings. The maximum absolute atomic E-state index is 5.97. The number of halogens is 2. The Kier molecular flexibility index (Phi) is 1.85. The lowest BCUT2D eigenvalue weighted by atomic mass is 10.2. The topological polar surface area (TPSA) is 28.7 Å². The lowest BCUT2D eigenvalue weighted by molar-refractivity contribution is 1.12. The van der Waals surface area contributed by atoms with E-state index < -0.39 is 0 Å². The van der Waals surface area contributed by atoms with Crippen molar-refractivity contribution >= 4 is 38.4 Å². The van der Waals surface area contributed by atoms with E-state index in [1.807, 2.05) is 13.0 Å². The van der Waals surface area contributed by atoms with Crippen LogP contribution in [0, 0.1) is 6.92 Å². The standard InChI is InChI=1S/C8H6BrClN2/c1-4-6(10)2-7-5(8(4)9)3-11-12-7/h2-3H,1H3,(H,11,12). The van der Waals surface area contributed by atoms with Crippen LogP contribution in [-0.4, -0.2) is 10.2 Å². The molecule has 2 nitrogen and oxygen atoms in total. The minimum Gasteiger partial charge on any atom is -0.278 e. The van der Waals surface area contributed by atoms with Crippen molar-refractivity contribution < 1.29 is 0 Å². The van der Waals surface area contributed by atoms with Gasteiger partial charge in [-0.15, -0.1) is 0 Å². The molecule has 0 unspecified atom stereocenters. The molecule has 0 atom stereocenters. The van der Waals surface area contributed by atoms with Crippen LogP contribution in [0.15, 0.2) is 16.7 Å². The van der Waals surface area contributed by atoms with Crippen molar-refractivity contribution in [2.24, 2.45) is 0 Å². The van der Waals surface area contributed by atoms with Crippen molar-refractivity contribution in [2.75, 3.05) is 0 Å². The summed E-state index contributed by atoms with van der Waals surface area (Å²) in [5.41, 5.74) is 2.00. The normalized spacial score (nSPS) is 10.9. The molecule has 1 heterocycles. The molecular formula is C8H6BrClN2. The third-order valence-corrected chi connectivity index (χ3v) is 3.28. The summed E-state index contributed by atoms with van der Waals surface area (Å²) in [6, 6.07) is 1.88. The van der Waals surface area contributed by atoms with Gasteiger partial charge in [0.15, 0.2) is 0 Å². The zero-order chi connectivity index (χ0) is 8.72. The van der Waals surface area contributed by atoms with E-state index in [9.17, 15) is 0 Å². The van der Waals surface area contributed by atoms with Gasteiger partial charge >= 0.3 is 0 Å². The Morgan fingerprint density at radius 2 is 2.33 bits per heavy atom. The van der Waals surface area contributed by atoms with Gasteiger partial charge in [0.1, 0.15) is 0 Å². The van der Waals surface area contributed by atoms with Gasteiger partial charge in [0.05, 0.1) is 11.7 Å². The van der Waals surface area contributed by atoms with Gasteiger partial charge in [-0.1, -0.05) is 11.6 Å². The van der Waals surface area contributed by atoms with Crippen LogP contribution < -0.4 is 0 Å². The van der Waals surface area contributed by atoms with Crippen LogP contribution in [0.1, 0.15) is 5.56 Å². The molecule has 0 saturated heterocycles. The van der Waals surface area contributed by atoms with E-state index in [1.165, 1.54) is 0 Å². The van der Waals surface area contributed by atoms with Gasteiger partial charge in [-0.05, 0) is 34.5 Å². The zero-order valence-electron chi connectivity index (χ0n) is 6.36. The fourth-order valence-corrected chi connectivity index (χ4v) is 1.97. The number of hydrogen-bond donors (Lipinski definition) is 1. The van der Waals surface area contributed by atoms with E-state index in [1.54, 1.807) is 6.20 Å². The molecule has 62 valence electrons. The lowest BCUT2D eigenvalue weighted by Crippen LogP contribution is -1.79. The van der Waals surface area contributed by atoms with Crippen LogP contribution in [0.25, 0.3) is 10.9 Å². The number of rotatable bonds is 0. The molecule has 1 aromatic heterocycles. The summed E-state index contributed by atoms with van der Waals surface area (Å²) >= 11 is 9.44. The van der Waals surface area contributed by atoms with Gasteiger partial charge in [-0.25, -0.2) is 0 Å². The van der Waals surface area contributed by atoms with Gasteiger partial charge < -0.3 is 0 Å². The molecule has 0 aliphatic heterocycles. The second kappa shape index (κ2) is 2.75. The SMILES string of the molecule is Cc1c(Cl)cc2[nH]ncc2c1Br. The van der Waals surface area contributed by atoms with E-state index in [-0.39, 0.29) is 0 Å². The van der Waals surface area contributed by atoms with E-state index in [4.69, 9.17) is 11.6 Å². The van der Waals surface area contributed by atoms with E-state index in [2.05, 4.69) is 26.1 Å². The van der Waals surface area contributed by atoms with Crippen molar-refractivity contribution in [3.8, 4) is 0 Å². The predicted molar refractivity (Wildman–Crippen MR) is 53.5 cm³/mol. The summed E-state index contributed by atoms with van der Waals surface area (Å²) < 4.78 is 1.01. The average Bonchev–Trinajstić information content (AvgIpc) is 2.48. The number of fused-ring (bicyclic) bond motifs is 1. The number of aromatic nitrogens is 2. The maximum Gasteiger partial charge on any atom is 0.0676 e. The van der Waals surface area contributed by atoms with Crippen LogP contribution in [-0.2, 0) is 0 Å². The summed E-state index contributed by atoms with van der Waals surface area (Å²) in [4.78, 5) is 0. The van der Waals surface area contributed by atoms with Gasteiger partial charge in [0, 0.05) is 14.9 Å². The molecule has 0 fully saturated rings. The Balaban J connectivity index is 2.94. The highest BCUT2D eigenvalue weighted by atomic mass is 79.9. The summed E-state index contributed by atoms with van der Waals surface area (Å²) in [5, 5.41) is 8.61. The fourth-order valence-electron chi connectivity index (χ4n) is 1.12. The zero-order valence-corrected chi connectivity index (χ0v) is 8.70. The first-order valence-corrected chi connectivity index (χ1v) is 4.65. The monoisotopic (exact) mass is 244 g/mol. The number of nitrogens with zero attached hydrogens (tertiary/aromatic N) is 1. The second-order valence-electron chi connectivity index (χ2n) is 2.63. The minimum absolute atomic E-state index is 0.749. The fraction of sp³-hybridized carbons (Fsp3) is 0.125. The molecule has 4 heteroatoms. The highest BCUT2D eigenvalue weighted by molar-refractivity contribution is 9.10. The number of aromatic amines is 1. The average molecular weight is 246 g/mol. The predicted octanol–water partition coefficient (Wildman–Crippen LogP) is 3.29. The Hall–Kier alpha value is -0.540. The van der Waals surface area contributed by atoms with Crippen molar-refractivity contribution in [1.29, 1.82) is 0 Å². The van der Waals surface area contributed by atoms with Crippen LogP contribution in [0.4, 0.5) is 0 Å². The summed E-state index contributed by atoms with van der Waals surface area (Å²) in [6.07, 6.45) is 1.78. The number of hydrogen-bond acceptors (Lipinski definition) is 1. The first-order chi connectivity index (χ1) is 5.70.